The number of aromatic nitrogens is 1. The minimum Gasteiger partial charge on any atom is -0.465 e. The smallest absolute Gasteiger partial charge is 0.319 e. The van der Waals surface area contributed by atoms with Gasteiger partial charge in [-0.2, -0.15) is 0 Å². The van der Waals surface area contributed by atoms with E-state index in [9.17, 15) is 4.79 Å². The number of thiazole rings is 1. The fourth-order valence-corrected chi connectivity index (χ4v) is 1.64. The fraction of sp³-hybridized carbons (Fsp3) is 0.556. The molecule has 0 amide bonds. The number of rotatable bonds is 5. The van der Waals surface area contributed by atoms with E-state index >= 15 is 0 Å². The average Bonchev–Trinajstić information content (AvgIpc) is 2.67. The van der Waals surface area contributed by atoms with Gasteiger partial charge in [0.2, 0.25) is 0 Å². The van der Waals surface area contributed by atoms with E-state index in [0.29, 0.717) is 6.61 Å². The zero-order chi connectivity index (χ0) is 10.4. The molecule has 0 radical (unpaired) electrons. The molecule has 14 heavy (non-hydrogen) atoms. The van der Waals surface area contributed by atoms with Crippen LogP contribution in [0.1, 0.15) is 24.8 Å². The van der Waals surface area contributed by atoms with Gasteiger partial charge in [-0.3, -0.25) is 15.1 Å². The minimum absolute atomic E-state index is 0.145. The van der Waals surface area contributed by atoms with E-state index in [2.05, 4.69) is 10.3 Å². The Morgan fingerprint density at radius 1 is 1.79 bits per heavy atom. The van der Waals surface area contributed by atoms with Gasteiger partial charge in [-0.15, -0.1) is 11.3 Å². The molecule has 5 heteroatoms. The molecule has 0 aliphatic carbocycles. The van der Waals surface area contributed by atoms with Gasteiger partial charge in [0.05, 0.1) is 18.7 Å². The van der Waals surface area contributed by atoms with Crippen molar-refractivity contribution in [2.24, 2.45) is 0 Å². The molecule has 1 atom stereocenters. The lowest BCUT2D eigenvalue weighted by molar-refractivity contribution is -0.142. The van der Waals surface area contributed by atoms with Crippen LogP contribution in [0.4, 0.5) is 0 Å². The zero-order valence-electron chi connectivity index (χ0n) is 8.32. The number of carbonyl (C=O) groups excluding carboxylic acids is 1. The Balaban J connectivity index is 2.28. The maximum absolute atomic E-state index is 11.0. The third kappa shape index (κ3) is 3.43. The monoisotopic (exact) mass is 214 g/mol. The SMILES string of the molecule is CCOC(=O)CNC(C)c1cncs1. The Hall–Kier alpha value is -0.940. The first kappa shape index (κ1) is 11.1. The number of nitrogens with one attached hydrogen (secondary N) is 1. The van der Waals surface area contributed by atoms with Gasteiger partial charge in [0.25, 0.3) is 0 Å². The van der Waals surface area contributed by atoms with Crippen LogP contribution in [-0.2, 0) is 9.53 Å². The third-order valence-corrected chi connectivity index (χ3v) is 2.69. The largest absolute Gasteiger partial charge is 0.465 e. The lowest BCUT2D eigenvalue weighted by Gasteiger charge is -2.10. The van der Waals surface area contributed by atoms with Crippen molar-refractivity contribution < 1.29 is 9.53 Å². The van der Waals surface area contributed by atoms with Crippen LogP contribution in [0.15, 0.2) is 11.7 Å². The van der Waals surface area contributed by atoms with Gasteiger partial charge in [0, 0.05) is 17.1 Å². The van der Waals surface area contributed by atoms with Gasteiger partial charge in [-0.1, -0.05) is 0 Å². The highest BCUT2D eigenvalue weighted by atomic mass is 32.1. The number of esters is 1. The van der Waals surface area contributed by atoms with E-state index in [1.165, 1.54) is 0 Å². The third-order valence-electron chi connectivity index (χ3n) is 1.74. The zero-order valence-corrected chi connectivity index (χ0v) is 9.13. The van der Waals surface area contributed by atoms with E-state index < -0.39 is 0 Å². The summed E-state index contributed by atoms with van der Waals surface area (Å²) in [7, 11) is 0. The van der Waals surface area contributed by atoms with Crippen molar-refractivity contribution in [3.05, 3.63) is 16.6 Å². The molecular weight excluding hydrogens is 200 g/mol. The molecule has 0 saturated carbocycles. The standard InChI is InChI=1S/C9H14N2O2S/c1-3-13-9(12)5-11-7(2)8-4-10-6-14-8/h4,6-7,11H,3,5H2,1-2H3. The normalized spacial score (nSPS) is 12.4. The predicted octanol–water partition coefficient (Wildman–Crippen LogP) is 1.36. The number of nitrogens with zero attached hydrogens (tertiary/aromatic N) is 1. The van der Waals surface area contributed by atoms with Crippen LogP contribution in [0.25, 0.3) is 0 Å². The molecule has 0 spiro atoms. The highest BCUT2D eigenvalue weighted by Crippen LogP contribution is 2.15. The topological polar surface area (TPSA) is 51.2 Å². The van der Waals surface area contributed by atoms with Gasteiger partial charge in [-0.05, 0) is 13.8 Å². The maximum Gasteiger partial charge on any atom is 0.319 e. The summed E-state index contributed by atoms with van der Waals surface area (Å²) >= 11 is 1.57. The van der Waals surface area contributed by atoms with Crippen molar-refractivity contribution in [3.63, 3.8) is 0 Å². The molecule has 0 aliphatic heterocycles. The van der Waals surface area contributed by atoms with Gasteiger partial charge in [0.15, 0.2) is 0 Å². The van der Waals surface area contributed by atoms with Crippen molar-refractivity contribution in [1.29, 1.82) is 0 Å². The minimum atomic E-state index is -0.219. The molecule has 0 bridgehead atoms. The van der Waals surface area contributed by atoms with Crippen LogP contribution >= 0.6 is 11.3 Å². The van der Waals surface area contributed by atoms with Crippen LogP contribution < -0.4 is 5.32 Å². The van der Waals surface area contributed by atoms with Crippen molar-refractivity contribution in [3.8, 4) is 0 Å². The van der Waals surface area contributed by atoms with Crippen molar-refractivity contribution in [2.75, 3.05) is 13.2 Å². The summed E-state index contributed by atoms with van der Waals surface area (Å²) in [4.78, 5) is 16.1. The fourth-order valence-electron chi connectivity index (χ4n) is 0.989. The Labute approximate surface area is 87.3 Å². The van der Waals surface area contributed by atoms with E-state index in [1.54, 1.807) is 30.0 Å². The molecule has 1 heterocycles. The average molecular weight is 214 g/mol. The van der Waals surface area contributed by atoms with Gasteiger partial charge in [-0.25, -0.2) is 0 Å². The quantitative estimate of drug-likeness (QED) is 0.752. The Morgan fingerprint density at radius 2 is 2.57 bits per heavy atom. The van der Waals surface area contributed by atoms with E-state index in [1.807, 2.05) is 6.92 Å². The van der Waals surface area contributed by atoms with Gasteiger partial charge >= 0.3 is 5.97 Å². The predicted molar refractivity (Wildman–Crippen MR) is 55.2 cm³/mol. The summed E-state index contributed by atoms with van der Waals surface area (Å²) in [5.41, 5.74) is 1.78. The summed E-state index contributed by atoms with van der Waals surface area (Å²) in [5.74, 6) is -0.219. The number of ether oxygens (including phenoxy) is 1. The Kier molecular flexibility index (Phi) is 4.55. The first-order valence-corrected chi connectivity index (χ1v) is 5.39. The molecule has 1 aromatic heterocycles. The second-order valence-electron chi connectivity index (χ2n) is 2.81. The molecular formula is C9H14N2O2S. The maximum atomic E-state index is 11.0. The highest BCUT2D eigenvalue weighted by molar-refractivity contribution is 7.09. The number of hydrogen-bond acceptors (Lipinski definition) is 5. The first-order valence-electron chi connectivity index (χ1n) is 4.51. The molecule has 0 aromatic carbocycles. The molecule has 0 fully saturated rings. The van der Waals surface area contributed by atoms with Gasteiger partial charge < -0.3 is 4.74 Å². The van der Waals surface area contributed by atoms with Crippen molar-refractivity contribution in [2.45, 2.75) is 19.9 Å². The molecule has 1 aromatic rings. The lowest BCUT2D eigenvalue weighted by atomic mass is 10.3. The molecule has 78 valence electrons. The summed E-state index contributed by atoms with van der Waals surface area (Å²) in [5, 5.41) is 3.07. The molecule has 4 nitrogen and oxygen atoms in total. The van der Waals surface area contributed by atoms with E-state index in [4.69, 9.17) is 4.74 Å². The molecule has 1 unspecified atom stereocenters. The van der Waals surface area contributed by atoms with Crippen LogP contribution in [-0.4, -0.2) is 24.1 Å². The second-order valence-corrected chi connectivity index (χ2v) is 3.73. The van der Waals surface area contributed by atoms with Gasteiger partial charge in [0.1, 0.15) is 0 Å². The van der Waals surface area contributed by atoms with Crippen LogP contribution in [0, 0.1) is 0 Å². The van der Waals surface area contributed by atoms with Crippen LogP contribution in [0.5, 0.6) is 0 Å². The highest BCUT2D eigenvalue weighted by Gasteiger charge is 2.08. The van der Waals surface area contributed by atoms with Crippen LogP contribution in [0.2, 0.25) is 0 Å². The van der Waals surface area contributed by atoms with Crippen LogP contribution in [0.3, 0.4) is 0 Å². The number of carbonyl (C=O) groups is 1. The lowest BCUT2D eigenvalue weighted by Crippen LogP contribution is -2.26. The summed E-state index contributed by atoms with van der Waals surface area (Å²) in [6, 6.07) is 0.145. The molecule has 0 saturated heterocycles. The first-order chi connectivity index (χ1) is 6.74. The van der Waals surface area contributed by atoms with E-state index in [0.717, 1.165) is 4.88 Å². The summed E-state index contributed by atoms with van der Waals surface area (Å²) in [6.45, 7) is 4.46. The Morgan fingerprint density at radius 3 is 3.14 bits per heavy atom. The molecule has 1 N–H and O–H groups in total. The second kappa shape index (κ2) is 5.72. The number of hydrogen-bond donors (Lipinski definition) is 1. The summed E-state index contributed by atoms with van der Waals surface area (Å²) in [6.07, 6.45) is 1.80. The van der Waals surface area contributed by atoms with E-state index in [-0.39, 0.29) is 18.6 Å². The molecule has 0 aliphatic rings. The summed E-state index contributed by atoms with van der Waals surface area (Å²) < 4.78 is 4.80. The Bertz CT molecular complexity index is 274. The van der Waals surface area contributed by atoms with Crippen molar-refractivity contribution >= 4 is 17.3 Å². The van der Waals surface area contributed by atoms with Crippen molar-refractivity contribution in [1.82, 2.24) is 10.3 Å². The molecule has 1 rings (SSSR count).